The maximum absolute atomic E-state index is 12.1. The van der Waals surface area contributed by atoms with Gasteiger partial charge in [-0.1, -0.05) is 17.7 Å². The van der Waals surface area contributed by atoms with Crippen molar-refractivity contribution in [2.24, 2.45) is 0 Å². The first-order valence-electron chi connectivity index (χ1n) is 6.25. The highest BCUT2D eigenvalue weighted by Crippen LogP contribution is 2.35. The number of likely N-dealkylation sites (N-methyl/N-ethyl adjacent to an activating group) is 1. The molecule has 0 saturated carbocycles. The second kappa shape index (κ2) is 5.25. The molecule has 0 aliphatic carbocycles. The topological polar surface area (TPSA) is 57.7 Å². The molecular formula is C14H15ClN2O3. The number of carbonyl (C=O) groups is 3. The second-order valence-corrected chi connectivity index (χ2v) is 5.36. The summed E-state index contributed by atoms with van der Waals surface area (Å²) >= 11 is 6.05. The van der Waals surface area contributed by atoms with Crippen LogP contribution >= 0.6 is 11.6 Å². The Bertz CT molecular complexity index is 598. The minimum atomic E-state index is -0.710. The summed E-state index contributed by atoms with van der Waals surface area (Å²) in [7, 11) is 1.66. The van der Waals surface area contributed by atoms with Crippen LogP contribution in [-0.4, -0.2) is 42.1 Å². The molecule has 0 atom stereocenters. The number of Topliss-reactive ketones (excluding diaryl/α,β-unsaturated/α-hetero) is 1. The molecule has 1 aromatic carbocycles. The number of fused-ring (bicyclic) bond motifs is 1. The summed E-state index contributed by atoms with van der Waals surface area (Å²) < 4.78 is 0. The zero-order valence-electron chi connectivity index (χ0n) is 11.5. The third-order valence-electron chi connectivity index (χ3n) is 3.40. The second-order valence-electron chi connectivity index (χ2n) is 4.95. The number of carbonyl (C=O) groups excluding carboxylic acids is 3. The van der Waals surface area contributed by atoms with Crippen LogP contribution in [0.25, 0.3) is 0 Å². The highest BCUT2D eigenvalue weighted by atomic mass is 35.5. The van der Waals surface area contributed by atoms with E-state index in [2.05, 4.69) is 0 Å². The number of benzene rings is 1. The Labute approximate surface area is 122 Å². The van der Waals surface area contributed by atoms with Gasteiger partial charge in [-0.25, -0.2) is 0 Å². The monoisotopic (exact) mass is 294 g/mol. The SMILES string of the molecule is CC(C)N(C)C(=O)CN1C(=O)C(=O)c2cccc(Cl)c21. The lowest BCUT2D eigenvalue weighted by molar-refractivity contribution is -0.131. The van der Waals surface area contributed by atoms with Crippen LogP contribution in [-0.2, 0) is 9.59 Å². The molecule has 0 unspecified atom stereocenters. The first-order chi connectivity index (χ1) is 9.34. The fourth-order valence-electron chi connectivity index (χ4n) is 2.00. The molecule has 5 nitrogen and oxygen atoms in total. The lowest BCUT2D eigenvalue weighted by Gasteiger charge is -2.25. The third-order valence-corrected chi connectivity index (χ3v) is 3.71. The molecule has 106 valence electrons. The minimum Gasteiger partial charge on any atom is -0.342 e. The van der Waals surface area contributed by atoms with E-state index in [1.807, 2.05) is 13.8 Å². The molecule has 0 radical (unpaired) electrons. The van der Waals surface area contributed by atoms with Crippen LogP contribution in [0.3, 0.4) is 0 Å². The number of halogens is 1. The average Bonchev–Trinajstić information content (AvgIpc) is 2.64. The Morgan fingerprint density at radius 3 is 2.60 bits per heavy atom. The average molecular weight is 295 g/mol. The van der Waals surface area contributed by atoms with Crippen molar-refractivity contribution in [3.63, 3.8) is 0 Å². The summed E-state index contributed by atoms with van der Waals surface area (Å²) in [5.74, 6) is -1.57. The predicted octanol–water partition coefficient (Wildman–Crippen LogP) is 1.74. The molecule has 1 aliphatic rings. The van der Waals surface area contributed by atoms with Crippen molar-refractivity contribution in [2.75, 3.05) is 18.5 Å². The molecule has 0 fully saturated rings. The van der Waals surface area contributed by atoms with E-state index in [9.17, 15) is 14.4 Å². The van der Waals surface area contributed by atoms with Crippen LogP contribution in [0.1, 0.15) is 24.2 Å². The molecule has 1 heterocycles. The molecule has 20 heavy (non-hydrogen) atoms. The standard InChI is InChI=1S/C14H15ClN2O3/c1-8(2)16(3)11(18)7-17-12-9(13(19)14(17)20)5-4-6-10(12)15/h4-6,8H,7H2,1-3H3. The van der Waals surface area contributed by atoms with Crippen molar-refractivity contribution in [1.29, 1.82) is 0 Å². The molecule has 0 spiro atoms. The number of amides is 2. The fraction of sp³-hybridized carbons (Fsp3) is 0.357. The van der Waals surface area contributed by atoms with Crippen molar-refractivity contribution in [3.05, 3.63) is 28.8 Å². The normalized spacial score (nSPS) is 13.9. The lowest BCUT2D eigenvalue weighted by Crippen LogP contribution is -2.43. The summed E-state index contributed by atoms with van der Waals surface area (Å²) in [4.78, 5) is 38.6. The Morgan fingerprint density at radius 1 is 1.35 bits per heavy atom. The van der Waals surface area contributed by atoms with E-state index in [0.29, 0.717) is 10.7 Å². The molecule has 0 bridgehead atoms. The van der Waals surface area contributed by atoms with Crippen LogP contribution in [0.15, 0.2) is 18.2 Å². The summed E-state index contributed by atoms with van der Waals surface area (Å²) in [6.45, 7) is 3.56. The third kappa shape index (κ3) is 2.29. The Balaban J connectivity index is 2.33. The molecule has 0 N–H and O–H groups in total. The molecule has 0 aromatic heterocycles. The summed E-state index contributed by atoms with van der Waals surface area (Å²) in [6.07, 6.45) is 0. The van der Waals surface area contributed by atoms with Gasteiger partial charge in [-0.15, -0.1) is 0 Å². The van der Waals surface area contributed by atoms with Crippen molar-refractivity contribution in [3.8, 4) is 0 Å². The number of para-hydroxylation sites is 1. The number of rotatable bonds is 3. The quantitative estimate of drug-likeness (QED) is 0.798. The predicted molar refractivity (Wildman–Crippen MR) is 76.0 cm³/mol. The largest absolute Gasteiger partial charge is 0.342 e. The van der Waals surface area contributed by atoms with E-state index in [-0.39, 0.29) is 24.1 Å². The van der Waals surface area contributed by atoms with Crippen LogP contribution in [0.2, 0.25) is 5.02 Å². The van der Waals surface area contributed by atoms with Crippen LogP contribution in [0.5, 0.6) is 0 Å². The van der Waals surface area contributed by atoms with Crippen LogP contribution < -0.4 is 4.90 Å². The molecule has 2 amide bonds. The van der Waals surface area contributed by atoms with Crippen molar-refractivity contribution >= 4 is 34.9 Å². The van der Waals surface area contributed by atoms with E-state index in [4.69, 9.17) is 11.6 Å². The maximum Gasteiger partial charge on any atom is 0.300 e. The van der Waals surface area contributed by atoms with Gasteiger partial charge in [-0.2, -0.15) is 0 Å². The zero-order valence-corrected chi connectivity index (χ0v) is 12.3. The summed E-state index contributed by atoms with van der Waals surface area (Å²) in [5.41, 5.74) is 0.581. The minimum absolute atomic E-state index is 0.0154. The number of anilines is 1. The molecule has 1 aromatic rings. The fourth-order valence-corrected chi connectivity index (χ4v) is 2.27. The van der Waals surface area contributed by atoms with E-state index >= 15 is 0 Å². The van der Waals surface area contributed by atoms with Gasteiger partial charge < -0.3 is 4.90 Å². The number of ketones is 1. The summed E-state index contributed by atoms with van der Waals surface area (Å²) in [5, 5.41) is 0.293. The molecule has 2 rings (SSSR count). The highest BCUT2D eigenvalue weighted by Gasteiger charge is 2.38. The summed E-state index contributed by atoms with van der Waals surface area (Å²) in [6, 6.07) is 4.76. The molecule has 6 heteroatoms. The lowest BCUT2D eigenvalue weighted by atomic mass is 10.1. The Morgan fingerprint density at radius 2 is 2.00 bits per heavy atom. The van der Waals surface area contributed by atoms with E-state index in [0.717, 1.165) is 4.90 Å². The highest BCUT2D eigenvalue weighted by molar-refractivity contribution is 6.54. The van der Waals surface area contributed by atoms with Crippen LogP contribution in [0, 0.1) is 0 Å². The number of hydrogen-bond acceptors (Lipinski definition) is 3. The van der Waals surface area contributed by atoms with Gasteiger partial charge >= 0.3 is 0 Å². The van der Waals surface area contributed by atoms with Gasteiger partial charge in [0.15, 0.2) is 0 Å². The van der Waals surface area contributed by atoms with Crippen molar-refractivity contribution in [1.82, 2.24) is 4.90 Å². The maximum atomic E-state index is 12.1. The smallest absolute Gasteiger partial charge is 0.300 e. The van der Waals surface area contributed by atoms with Gasteiger partial charge in [0.25, 0.3) is 11.7 Å². The van der Waals surface area contributed by atoms with E-state index in [1.165, 1.54) is 11.0 Å². The Hall–Kier alpha value is -1.88. The van der Waals surface area contributed by atoms with Gasteiger partial charge in [0.2, 0.25) is 5.91 Å². The van der Waals surface area contributed by atoms with Crippen molar-refractivity contribution < 1.29 is 14.4 Å². The van der Waals surface area contributed by atoms with Gasteiger partial charge in [-0.05, 0) is 26.0 Å². The Kier molecular flexibility index (Phi) is 3.81. The van der Waals surface area contributed by atoms with Crippen molar-refractivity contribution in [2.45, 2.75) is 19.9 Å². The van der Waals surface area contributed by atoms with Gasteiger partial charge in [0, 0.05) is 13.1 Å². The first kappa shape index (κ1) is 14.5. The molecule has 1 aliphatic heterocycles. The van der Waals surface area contributed by atoms with Gasteiger partial charge in [0.05, 0.1) is 16.3 Å². The number of hydrogen-bond donors (Lipinski definition) is 0. The molecular weight excluding hydrogens is 280 g/mol. The van der Waals surface area contributed by atoms with E-state index < -0.39 is 11.7 Å². The van der Waals surface area contributed by atoms with Crippen LogP contribution in [0.4, 0.5) is 5.69 Å². The number of nitrogens with zero attached hydrogens (tertiary/aromatic N) is 2. The van der Waals surface area contributed by atoms with E-state index in [1.54, 1.807) is 19.2 Å². The zero-order chi connectivity index (χ0) is 15.0. The van der Waals surface area contributed by atoms with Gasteiger partial charge in [0.1, 0.15) is 6.54 Å². The molecule has 0 saturated heterocycles. The van der Waals surface area contributed by atoms with Gasteiger partial charge in [-0.3, -0.25) is 19.3 Å². The first-order valence-corrected chi connectivity index (χ1v) is 6.62.